The van der Waals surface area contributed by atoms with Crippen molar-refractivity contribution in [1.29, 1.82) is 0 Å². The molecule has 1 heterocycles. The predicted molar refractivity (Wildman–Crippen MR) is 75.0 cm³/mol. The van der Waals surface area contributed by atoms with Crippen LogP contribution in [-0.2, 0) is 6.54 Å². The molecule has 1 aromatic heterocycles. The quantitative estimate of drug-likeness (QED) is 0.892. The van der Waals surface area contributed by atoms with E-state index in [1.807, 2.05) is 42.6 Å². The van der Waals surface area contributed by atoms with Crippen LogP contribution in [0, 0.1) is 0 Å². The van der Waals surface area contributed by atoms with Crippen molar-refractivity contribution >= 4 is 15.9 Å². The number of aromatic nitrogens is 1. The van der Waals surface area contributed by atoms with Gasteiger partial charge < -0.3 is 10.4 Å². The molecule has 0 saturated heterocycles. The van der Waals surface area contributed by atoms with Crippen LogP contribution in [0.3, 0.4) is 0 Å². The molecule has 0 aliphatic heterocycles. The van der Waals surface area contributed by atoms with Crippen molar-refractivity contribution in [3.8, 4) is 0 Å². The summed E-state index contributed by atoms with van der Waals surface area (Å²) in [5.41, 5.74) is 2.17. The van der Waals surface area contributed by atoms with Gasteiger partial charge in [0.05, 0.1) is 12.6 Å². The molecule has 3 nitrogen and oxygen atoms in total. The Kier molecular flexibility index (Phi) is 4.87. The summed E-state index contributed by atoms with van der Waals surface area (Å²) in [6.45, 7) is 0.748. The second-order valence-corrected chi connectivity index (χ2v) is 4.95. The molecule has 1 unspecified atom stereocenters. The highest BCUT2D eigenvalue weighted by Gasteiger charge is 2.08. The van der Waals surface area contributed by atoms with Crippen LogP contribution in [-0.4, -0.2) is 16.7 Å². The van der Waals surface area contributed by atoms with Crippen molar-refractivity contribution in [3.63, 3.8) is 0 Å². The van der Waals surface area contributed by atoms with Crippen LogP contribution in [0.1, 0.15) is 17.2 Å². The number of nitrogens with one attached hydrogen (secondary N) is 1. The molecular formula is C14H15BrN2O. The average Bonchev–Trinajstić information content (AvgIpc) is 2.41. The first-order valence-electron chi connectivity index (χ1n) is 5.78. The lowest BCUT2D eigenvalue weighted by molar-refractivity contribution is 0.243. The van der Waals surface area contributed by atoms with E-state index in [1.165, 1.54) is 0 Å². The second kappa shape index (κ2) is 6.64. The Morgan fingerprint density at radius 3 is 2.67 bits per heavy atom. The van der Waals surface area contributed by atoms with Crippen LogP contribution in [0.2, 0.25) is 0 Å². The highest BCUT2D eigenvalue weighted by Crippen LogP contribution is 2.14. The lowest BCUT2D eigenvalue weighted by atomic mass is 10.1. The summed E-state index contributed by atoms with van der Waals surface area (Å²) < 4.78 is 0.960. The van der Waals surface area contributed by atoms with Crippen LogP contribution in [0.25, 0.3) is 0 Å². The molecular weight excluding hydrogens is 292 g/mol. The molecule has 4 heteroatoms. The topological polar surface area (TPSA) is 45.1 Å². The van der Waals surface area contributed by atoms with Gasteiger partial charge in [-0.15, -0.1) is 0 Å². The molecule has 2 aromatic rings. The van der Waals surface area contributed by atoms with Gasteiger partial charge in [0.1, 0.15) is 0 Å². The van der Waals surface area contributed by atoms with Crippen molar-refractivity contribution in [2.24, 2.45) is 0 Å². The standard InChI is InChI=1S/C14H15BrN2O/c15-13-6-11(7-16-9-13)8-17-14(10-18)12-4-2-1-3-5-12/h1-7,9,14,17-18H,8,10H2. The highest BCUT2D eigenvalue weighted by atomic mass is 79.9. The fraction of sp³-hybridized carbons (Fsp3) is 0.214. The minimum Gasteiger partial charge on any atom is -0.394 e. The first kappa shape index (κ1) is 13.2. The van der Waals surface area contributed by atoms with Gasteiger partial charge in [-0.3, -0.25) is 4.98 Å². The van der Waals surface area contributed by atoms with E-state index >= 15 is 0 Å². The number of hydrogen-bond acceptors (Lipinski definition) is 3. The third kappa shape index (κ3) is 3.63. The number of benzene rings is 1. The molecule has 2 N–H and O–H groups in total. The first-order chi connectivity index (χ1) is 8.79. The van der Waals surface area contributed by atoms with Gasteiger partial charge in [0.15, 0.2) is 0 Å². The zero-order chi connectivity index (χ0) is 12.8. The highest BCUT2D eigenvalue weighted by molar-refractivity contribution is 9.10. The van der Waals surface area contributed by atoms with Gasteiger partial charge >= 0.3 is 0 Å². The maximum atomic E-state index is 9.42. The predicted octanol–water partition coefficient (Wildman–Crippen LogP) is 2.67. The number of nitrogens with zero attached hydrogens (tertiary/aromatic N) is 1. The molecule has 0 aliphatic rings. The summed E-state index contributed by atoms with van der Waals surface area (Å²) in [5, 5.41) is 12.7. The minimum absolute atomic E-state index is 0.0508. The molecule has 94 valence electrons. The fourth-order valence-electron chi connectivity index (χ4n) is 1.77. The van der Waals surface area contributed by atoms with E-state index in [0.717, 1.165) is 15.6 Å². The molecule has 0 aliphatic carbocycles. The number of aliphatic hydroxyl groups excluding tert-OH is 1. The Bertz CT molecular complexity index is 490. The Labute approximate surface area is 115 Å². The third-order valence-corrected chi connectivity index (χ3v) is 3.13. The molecule has 0 fully saturated rings. The number of rotatable bonds is 5. The van der Waals surface area contributed by atoms with E-state index in [9.17, 15) is 5.11 Å². The van der Waals surface area contributed by atoms with Gasteiger partial charge in [0.25, 0.3) is 0 Å². The summed E-state index contributed by atoms with van der Waals surface area (Å²) >= 11 is 3.39. The van der Waals surface area contributed by atoms with E-state index in [0.29, 0.717) is 6.54 Å². The van der Waals surface area contributed by atoms with Gasteiger partial charge in [-0.25, -0.2) is 0 Å². The molecule has 18 heavy (non-hydrogen) atoms. The Hall–Kier alpha value is -1.23. The summed E-state index contributed by atoms with van der Waals surface area (Å²) in [7, 11) is 0. The summed E-state index contributed by atoms with van der Waals surface area (Å²) in [4.78, 5) is 4.11. The second-order valence-electron chi connectivity index (χ2n) is 4.04. The summed E-state index contributed by atoms with van der Waals surface area (Å²) in [6.07, 6.45) is 3.57. The zero-order valence-electron chi connectivity index (χ0n) is 9.88. The van der Waals surface area contributed by atoms with Crippen LogP contribution in [0.5, 0.6) is 0 Å². The molecule has 0 saturated carbocycles. The van der Waals surface area contributed by atoms with Crippen LogP contribution in [0.4, 0.5) is 0 Å². The van der Waals surface area contributed by atoms with Gasteiger partial charge in [0.2, 0.25) is 0 Å². The van der Waals surface area contributed by atoms with E-state index < -0.39 is 0 Å². The SMILES string of the molecule is OCC(NCc1cncc(Br)c1)c1ccccc1. The Balaban J connectivity index is 2.00. The Morgan fingerprint density at radius 1 is 1.22 bits per heavy atom. The van der Waals surface area contributed by atoms with Crippen molar-refractivity contribution in [2.45, 2.75) is 12.6 Å². The van der Waals surface area contributed by atoms with Crippen molar-refractivity contribution in [2.75, 3.05) is 6.61 Å². The smallest absolute Gasteiger partial charge is 0.0626 e. The zero-order valence-corrected chi connectivity index (χ0v) is 11.5. The molecule has 0 radical (unpaired) electrons. The fourth-order valence-corrected chi connectivity index (χ4v) is 2.18. The van der Waals surface area contributed by atoms with Gasteiger partial charge in [-0.2, -0.15) is 0 Å². The van der Waals surface area contributed by atoms with Crippen LogP contribution >= 0.6 is 15.9 Å². The van der Waals surface area contributed by atoms with Gasteiger partial charge in [0, 0.05) is 23.4 Å². The van der Waals surface area contributed by atoms with E-state index in [-0.39, 0.29) is 12.6 Å². The third-order valence-electron chi connectivity index (χ3n) is 2.70. The molecule has 1 aromatic carbocycles. The van der Waals surface area contributed by atoms with Crippen LogP contribution in [0.15, 0.2) is 53.3 Å². The monoisotopic (exact) mass is 306 g/mol. The Morgan fingerprint density at radius 2 is 2.00 bits per heavy atom. The average molecular weight is 307 g/mol. The normalized spacial score (nSPS) is 12.3. The maximum absolute atomic E-state index is 9.42. The van der Waals surface area contributed by atoms with E-state index in [2.05, 4.69) is 26.2 Å². The molecule has 0 spiro atoms. The number of pyridine rings is 1. The molecule has 1 atom stereocenters. The van der Waals surface area contributed by atoms with Crippen molar-refractivity contribution in [3.05, 3.63) is 64.4 Å². The number of halogens is 1. The number of hydrogen-bond donors (Lipinski definition) is 2. The largest absolute Gasteiger partial charge is 0.394 e. The van der Waals surface area contributed by atoms with Crippen molar-refractivity contribution < 1.29 is 5.11 Å². The lowest BCUT2D eigenvalue weighted by Crippen LogP contribution is -2.23. The minimum atomic E-state index is -0.0508. The maximum Gasteiger partial charge on any atom is 0.0626 e. The summed E-state index contributed by atoms with van der Waals surface area (Å²) in [6, 6.07) is 11.9. The lowest BCUT2D eigenvalue weighted by Gasteiger charge is -2.16. The molecule has 2 rings (SSSR count). The first-order valence-corrected chi connectivity index (χ1v) is 6.57. The van der Waals surface area contributed by atoms with E-state index in [4.69, 9.17) is 0 Å². The van der Waals surface area contributed by atoms with Gasteiger partial charge in [-0.05, 0) is 33.1 Å². The van der Waals surface area contributed by atoms with E-state index in [1.54, 1.807) is 6.20 Å². The van der Waals surface area contributed by atoms with Crippen LogP contribution < -0.4 is 5.32 Å². The summed E-state index contributed by atoms with van der Waals surface area (Å²) in [5.74, 6) is 0. The van der Waals surface area contributed by atoms with Gasteiger partial charge in [-0.1, -0.05) is 30.3 Å². The molecule has 0 bridgehead atoms. The molecule has 0 amide bonds. The number of aliphatic hydroxyl groups is 1. The van der Waals surface area contributed by atoms with Crippen molar-refractivity contribution in [1.82, 2.24) is 10.3 Å².